The van der Waals surface area contributed by atoms with Crippen LogP contribution in [0.1, 0.15) is 31.7 Å². The average Bonchev–Trinajstić information content (AvgIpc) is 2.36. The van der Waals surface area contributed by atoms with E-state index >= 15 is 0 Å². The fraction of sp³-hybridized carbons (Fsp3) is 0.400. The van der Waals surface area contributed by atoms with E-state index in [-0.39, 0.29) is 0 Å². The predicted molar refractivity (Wildman–Crippen MR) is 72.9 cm³/mol. The maximum Gasteiger partial charge on any atom is 0.0704 e. The summed E-state index contributed by atoms with van der Waals surface area (Å²) in [5.41, 5.74) is 8.44. The van der Waals surface area contributed by atoms with Crippen LogP contribution in [0, 0.1) is 0 Å². The van der Waals surface area contributed by atoms with Gasteiger partial charge in [-0.2, -0.15) is 0 Å². The summed E-state index contributed by atoms with van der Waals surface area (Å²) in [5, 5.41) is 1.20. The SMILES string of the molecule is CCCC(N)CCc1ccc2cccnc2c1. The fourth-order valence-electron chi connectivity index (χ4n) is 2.13. The molecule has 2 rings (SSSR count). The van der Waals surface area contributed by atoms with Gasteiger partial charge >= 0.3 is 0 Å². The van der Waals surface area contributed by atoms with Crippen molar-refractivity contribution < 1.29 is 0 Å². The molecule has 0 bridgehead atoms. The quantitative estimate of drug-likeness (QED) is 0.852. The Balaban J connectivity index is 2.04. The van der Waals surface area contributed by atoms with E-state index in [0.29, 0.717) is 6.04 Å². The summed E-state index contributed by atoms with van der Waals surface area (Å²) < 4.78 is 0. The summed E-state index contributed by atoms with van der Waals surface area (Å²) >= 11 is 0. The fourth-order valence-corrected chi connectivity index (χ4v) is 2.13. The van der Waals surface area contributed by atoms with Gasteiger partial charge in [0.05, 0.1) is 5.52 Å². The molecule has 2 nitrogen and oxygen atoms in total. The van der Waals surface area contributed by atoms with Gasteiger partial charge in [-0.3, -0.25) is 4.98 Å². The number of hydrogen-bond donors (Lipinski definition) is 1. The Morgan fingerprint density at radius 1 is 1.24 bits per heavy atom. The van der Waals surface area contributed by atoms with Crippen molar-refractivity contribution in [2.24, 2.45) is 5.73 Å². The smallest absolute Gasteiger partial charge is 0.0704 e. The summed E-state index contributed by atoms with van der Waals surface area (Å²) in [4.78, 5) is 4.37. The number of pyridine rings is 1. The number of hydrogen-bond acceptors (Lipinski definition) is 2. The minimum absolute atomic E-state index is 0.333. The number of aromatic nitrogens is 1. The lowest BCUT2D eigenvalue weighted by atomic mass is 10.0. The molecule has 90 valence electrons. The van der Waals surface area contributed by atoms with Crippen molar-refractivity contribution in [3.05, 3.63) is 42.1 Å². The molecule has 0 amide bonds. The Hall–Kier alpha value is -1.41. The second-order valence-electron chi connectivity index (χ2n) is 4.62. The van der Waals surface area contributed by atoms with Crippen molar-refractivity contribution in [2.45, 2.75) is 38.6 Å². The Kier molecular flexibility index (Phi) is 4.10. The van der Waals surface area contributed by atoms with Crippen molar-refractivity contribution in [2.75, 3.05) is 0 Å². The second kappa shape index (κ2) is 5.78. The van der Waals surface area contributed by atoms with Crippen LogP contribution >= 0.6 is 0 Å². The van der Waals surface area contributed by atoms with Crippen LogP contribution in [0.2, 0.25) is 0 Å². The summed E-state index contributed by atoms with van der Waals surface area (Å²) in [7, 11) is 0. The molecule has 0 aliphatic rings. The van der Waals surface area contributed by atoms with Crippen LogP contribution in [0.3, 0.4) is 0 Å². The van der Waals surface area contributed by atoms with E-state index < -0.39 is 0 Å². The summed E-state index contributed by atoms with van der Waals surface area (Å²) in [5.74, 6) is 0. The molecule has 1 heterocycles. The molecule has 0 aliphatic heterocycles. The molecule has 2 aromatic rings. The highest BCUT2D eigenvalue weighted by Gasteiger charge is 2.02. The molecule has 1 aromatic carbocycles. The van der Waals surface area contributed by atoms with E-state index in [9.17, 15) is 0 Å². The highest BCUT2D eigenvalue weighted by molar-refractivity contribution is 5.78. The van der Waals surface area contributed by atoms with Crippen LogP contribution in [-0.4, -0.2) is 11.0 Å². The molecule has 1 atom stereocenters. The van der Waals surface area contributed by atoms with Gasteiger partial charge in [0.15, 0.2) is 0 Å². The Morgan fingerprint density at radius 2 is 2.12 bits per heavy atom. The first kappa shape index (κ1) is 12.1. The zero-order valence-electron chi connectivity index (χ0n) is 10.4. The number of aryl methyl sites for hydroxylation is 1. The minimum atomic E-state index is 0.333. The van der Waals surface area contributed by atoms with E-state index in [2.05, 4.69) is 36.2 Å². The third kappa shape index (κ3) is 3.27. The van der Waals surface area contributed by atoms with E-state index in [4.69, 9.17) is 5.73 Å². The first-order chi connectivity index (χ1) is 8.29. The summed E-state index contributed by atoms with van der Waals surface area (Å²) in [6.07, 6.45) is 6.24. The van der Waals surface area contributed by atoms with E-state index in [0.717, 1.165) is 24.8 Å². The van der Waals surface area contributed by atoms with Crippen molar-refractivity contribution in [3.8, 4) is 0 Å². The molecule has 2 heteroatoms. The van der Waals surface area contributed by atoms with Gasteiger partial charge in [-0.1, -0.05) is 31.5 Å². The molecule has 1 unspecified atom stereocenters. The van der Waals surface area contributed by atoms with Crippen LogP contribution in [-0.2, 0) is 6.42 Å². The highest BCUT2D eigenvalue weighted by Crippen LogP contribution is 2.15. The Labute approximate surface area is 103 Å². The predicted octanol–water partition coefficient (Wildman–Crippen LogP) is 3.29. The second-order valence-corrected chi connectivity index (χ2v) is 4.62. The molecule has 0 saturated carbocycles. The first-order valence-electron chi connectivity index (χ1n) is 6.39. The van der Waals surface area contributed by atoms with Gasteiger partial charge in [-0.05, 0) is 37.0 Å². The van der Waals surface area contributed by atoms with Crippen molar-refractivity contribution in [1.29, 1.82) is 0 Å². The maximum atomic E-state index is 6.03. The number of rotatable bonds is 5. The zero-order chi connectivity index (χ0) is 12.1. The summed E-state index contributed by atoms with van der Waals surface area (Å²) in [6.45, 7) is 2.18. The first-order valence-corrected chi connectivity index (χ1v) is 6.39. The lowest BCUT2D eigenvalue weighted by molar-refractivity contribution is 0.561. The van der Waals surface area contributed by atoms with Crippen LogP contribution in [0.5, 0.6) is 0 Å². The number of fused-ring (bicyclic) bond motifs is 1. The highest BCUT2D eigenvalue weighted by atomic mass is 14.6. The molecular weight excluding hydrogens is 208 g/mol. The third-order valence-corrected chi connectivity index (χ3v) is 3.13. The lowest BCUT2D eigenvalue weighted by Crippen LogP contribution is -2.20. The third-order valence-electron chi connectivity index (χ3n) is 3.13. The molecule has 2 N–H and O–H groups in total. The average molecular weight is 228 g/mol. The van der Waals surface area contributed by atoms with Crippen LogP contribution in [0.4, 0.5) is 0 Å². The van der Waals surface area contributed by atoms with Gasteiger partial charge in [0.2, 0.25) is 0 Å². The van der Waals surface area contributed by atoms with Crippen LogP contribution in [0.15, 0.2) is 36.5 Å². The molecule has 0 spiro atoms. The van der Waals surface area contributed by atoms with Gasteiger partial charge < -0.3 is 5.73 Å². The molecule has 0 aliphatic carbocycles. The molecular formula is C15H20N2. The zero-order valence-corrected chi connectivity index (χ0v) is 10.4. The standard InChI is InChI=1S/C15H20N2/c1-2-4-14(16)9-7-12-6-8-13-5-3-10-17-15(13)11-12/h3,5-6,8,10-11,14H,2,4,7,9,16H2,1H3. The monoisotopic (exact) mass is 228 g/mol. The van der Waals surface area contributed by atoms with Crippen molar-refractivity contribution >= 4 is 10.9 Å². The van der Waals surface area contributed by atoms with Crippen molar-refractivity contribution in [1.82, 2.24) is 4.98 Å². The van der Waals surface area contributed by atoms with E-state index in [1.54, 1.807) is 0 Å². The van der Waals surface area contributed by atoms with E-state index in [1.807, 2.05) is 12.3 Å². The maximum absolute atomic E-state index is 6.03. The topological polar surface area (TPSA) is 38.9 Å². The normalized spacial score (nSPS) is 12.8. The van der Waals surface area contributed by atoms with Gasteiger partial charge in [-0.25, -0.2) is 0 Å². The van der Waals surface area contributed by atoms with Crippen LogP contribution in [0.25, 0.3) is 10.9 Å². The van der Waals surface area contributed by atoms with Gasteiger partial charge in [0.25, 0.3) is 0 Å². The lowest BCUT2D eigenvalue weighted by Gasteiger charge is -2.10. The number of benzene rings is 1. The summed E-state index contributed by atoms with van der Waals surface area (Å²) in [6, 6.07) is 10.9. The Morgan fingerprint density at radius 3 is 2.94 bits per heavy atom. The van der Waals surface area contributed by atoms with Crippen molar-refractivity contribution in [3.63, 3.8) is 0 Å². The van der Waals surface area contributed by atoms with Crippen LogP contribution < -0.4 is 5.73 Å². The number of nitrogens with zero attached hydrogens (tertiary/aromatic N) is 1. The Bertz CT molecular complexity index is 479. The van der Waals surface area contributed by atoms with E-state index in [1.165, 1.54) is 17.4 Å². The largest absolute Gasteiger partial charge is 0.328 e. The molecule has 17 heavy (non-hydrogen) atoms. The molecule has 0 radical (unpaired) electrons. The van der Waals surface area contributed by atoms with Gasteiger partial charge in [-0.15, -0.1) is 0 Å². The molecule has 0 saturated heterocycles. The molecule has 0 fully saturated rings. The molecule has 1 aromatic heterocycles. The number of nitrogens with two attached hydrogens (primary N) is 1. The minimum Gasteiger partial charge on any atom is -0.328 e. The van der Waals surface area contributed by atoms with Gasteiger partial charge in [0, 0.05) is 17.6 Å². The van der Waals surface area contributed by atoms with Gasteiger partial charge in [0.1, 0.15) is 0 Å².